The summed E-state index contributed by atoms with van der Waals surface area (Å²) >= 11 is 0. The zero-order valence-corrected chi connectivity index (χ0v) is 11.8. The van der Waals surface area contributed by atoms with E-state index in [1.807, 2.05) is 0 Å². The molecular weight excluding hydrogens is 228 g/mol. The molecule has 2 unspecified atom stereocenters. The normalized spacial score (nSPS) is 26.5. The van der Waals surface area contributed by atoms with Crippen LogP contribution in [-0.4, -0.2) is 34.2 Å². The molecule has 5 nitrogen and oxygen atoms in total. The summed E-state index contributed by atoms with van der Waals surface area (Å²) in [5, 5.41) is 8.25. The minimum atomic E-state index is -0.0806. The van der Waals surface area contributed by atoms with E-state index in [-0.39, 0.29) is 5.41 Å². The Hall–Kier alpha value is -0.940. The predicted molar refractivity (Wildman–Crippen MR) is 70.0 cm³/mol. The summed E-state index contributed by atoms with van der Waals surface area (Å²) in [6.07, 6.45) is 1.04. The van der Waals surface area contributed by atoms with E-state index in [2.05, 4.69) is 42.8 Å². The quantitative estimate of drug-likeness (QED) is 0.864. The Kier molecular flexibility index (Phi) is 3.73. The standard InChI is InChI=1S/C13H24N4O/c1-9-7-17(6-5-10(9)14)8-11-15-16-12(18-11)13(2,3)4/h9-10H,5-8,14H2,1-4H3. The third-order valence-electron chi connectivity index (χ3n) is 3.52. The molecule has 5 heteroatoms. The van der Waals surface area contributed by atoms with Crippen LogP contribution in [0.3, 0.4) is 0 Å². The van der Waals surface area contributed by atoms with Crippen LogP contribution in [0.25, 0.3) is 0 Å². The second-order valence-electron chi connectivity index (χ2n) is 6.42. The van der Waals surface area contributed by atoms with Gasteiger partial charge in [-0.15, -0.1) is 10.2 Å². The molecule has 1 aliphatic rings. The first-order chi connectivity index (χ1) is 8.36. The van der Waals surface area contributed by atoms with Gasteiger partial charge in [-0.2, -0.15) is 0 Å². The number of piperidine rings is 1. The Morgan fingerprint density at radius 2 is 2.11 bits per heavy atom. The molecular formula is C13H24N4O. The molecule has 2 atom stereocenters. The van der Waals surface area contributed by atoms with Gasteiger partial charge in [-0.1, -0.05) is 27.7 Å². The molecule has 1 aromatic heterocycles. The first-order valence-electron chi connectivity index (χ1n) is 6.67. The largest absolute Gasteiger partial charge is 0.423 e. The summed E-state index contributed by atoms with van der Waals surface area (Å²) in [6.45, 7) is 11.2. The van der Waals surface area contributed by atoms with Crippen LogP contribution in [0.5, 0.6) is 0 Å². The zero-order chi connectivity index (χ0) is 13.3. The van der Waals surface area contributed by atoms with Crippen molar-refractivity contribution in [3.63, 3.8) is 0 Å². The fraction of sp³-hybridized carbons (Fsp3) is 0.846. The lowest BCUT2D eigenvalue weighted by molar-refractivity contribution is 0.144. The van der Waals surface area contributed by atoms with Gasteiger partial charge in [0.2, 0.25) is 11.8 Å². The van der Waals surface area contributed by atoms with E-state index >= 15 is 0 Å². The molecule has 1 fully saturated rings. The van der Waals surface area contributed by atoms with Gasteiger partial charge in [0.1, 0.15) is 0 Å². The van der Waals surface area contributed by atoms with Crippen molar-refractivity contribution in [1.29, 1.82) is 0 Å². The molecule has 0 aliphatic carbocycles. The maximum absolute atomic E-state index is 6.02. The van der Waals surface area contributed by atoms with Crippen LogP contribution in [0, 0.1) is 5.92 Å². The third-order valence-corrected chi connectivity index (χ3v) is 3.52. The molecule has 102 valence electrons. The highest BCUT2D eigenvalue weighted by Crippen LogP contribution is 2.22. The Labute approximate surface area is 109 Å². The van der Waals surface area contributed by atoms with Gasteiger partial charge in [0.15, 0.2) is 0 Å². The summed E-state index contributed by atoms with van der Waals surface area (Å²) in [4.78, 5) is 2.34. The lowest BCUT2D eigenvalue weighted by atomic mass is 9.95. The maximum atomic E-state index is 6.02. The molecule has 18 heavy (non-hydrogen) atoms. The molecule has 1 aromatic rings. The first-order valence-corrected chi connectivity index (χ1v) is 6.67. The van der Waals surface area contributed by atoms with Gasteiger partial charge in [-0.25, -0.2) is 0 Å². The molecule has 0 aromatic carbocycles. The molecule has 0 saturated carbocycles. The number of rotatable bonds is 2. The SMILES string of the molecule is CC1CN(Cc2nnc(C(C)(C)C)o2)CCC1N. The summed E-state index contributed by atoms with van der Waals surface area (Å²) in [6, 6.07) is 0.328. The Morgan fingerprint density at radius 3 is 2.67 bits per heavy atom. The summed E-state index contributed by atoms with van der Waals surface area (Å²) in [7, 11) is 0. The number of aromatic nitrogens is 2. The molecule has 0 spiro atoms. The smallest absolute Gasteiger partial charge is 0.230 e. The Bertz CT molecular complexity index is 396. The van der Waals surface area contributed by atoms with Crippen LogP contribution in [0.2, 0.25) is 0 Å². The van der Waals surface area contributed by atoms with Crippen LogP contribution < -0.4 is 5.73 Å². The van der Waals surface area contributed by atoms with Crippen molar-refractivity contribution in [2.45, 2.75) is 52.1 Å². The average molecular weight is 252 g/mol. The highest BCUT2D eigenvalue weighted by Gasteiger charge is 2.26. The Morgan fingerprint density at radius 1 is 1.39 bits per heavy atom. The highest BCUT2D eigenvalue weighted by atomic mass is 16.4. The van der Waals surface area contributed by atoms with E-state index in [1.54, 1.807) is 0 Å². The van der Waals surface area contributed by atoms with Crippen molar-refractivity contribution in [2.75, 3.05) is 13.1 Å². The van der Waals surface area contributed by atoms with Gasteiger partial charge < -0.3 is 10.2 Å². The van der Waals surface area contributed by atoms with Gasteiger partial charge in [0.25, 0.3) is 0 Å². The van der Waals surface area contributed by atoms with Gasteiger partial charge in [0.05, 0.1) is 6.54 Å². The van der Waals surface area contributed by atoms with Crippen LogP contribution >= 0.6 is 0 Å². The van der Waals surface area contributed by atoms with E-state index in [0.717, 1.165) is 26.1 Å². The number of likely N-dealkylation sites (tertiary alicyclic amines) is 1. The van der Waals surface area contributed by atoms with Crippen molar-refractivity contribution in [3.8, 4) is 0 Å². The van der Waals surface area contributed by atoms with Crippen LogP contribution in [0.1, 0.15) is 45.9 Å². The fourth-order valence-electron chi connectivity index (χ4n) is 2.21. The molecule has 1 saturated heterocycles. The van der Waals surface area contributed by atoms with Crippen molar-refractivity contribution >= 4 is 0 Å². The van der Waals surface area contributed by atoms with E-state index in [9.17, 15) is 0 Å². The second kappa shape index (κ2) is 4.97. The highest BCUT2D eigenvalue weighted by molar-refractivity contribution is 4.96. The van der Waals surface area contributed by atoms with Gasteiger partial charge in [-0.05, 0) is 12.3 Å². The van der Waals surface area contributed by atoms with Crippen LogP contribution in [0.4, 0.5) is 0 Å². The van der Waals surface area contributed by atoms with Gasteiger partial charge in [0, 0.05) is 24.5 Å². The molecule has 0 radical (unpaired) electrons. The molecule has 1 aliphatic heterocycles. The first kappa shape index (κ1) is 13.5. The topological polar surface area (TPSA) is 68.2 Å². The van der Waals surface area contributed by atoms with Crippen molar-refractivity contribution < 1.29 is 4.42 Å². The molecule has 2 heterocycles. The monoisotopic (exact) mass is 252 g/mol. The summed E-state index contributed by atoms with van der Waals surface area (Å²) in [5.74, 6) is 1.95. The van der Waals surface area contributed by atoms with Crippen molar-refractivity contribution in [1.82, 2.24) is 15.1 Å². The lowest BCUT2D eigenvalue weighted by Crippen LogP contribution is -2.45. The maximum Gasteiger partial charge on any atom is 0.230 e. The van der Waals surface area contributed by atoms with E-state index in [0.29, 0.717) is 23.7 Å². The van der Waals surface area contributed by atoms with Crippen LogP contribution in [-0.2, 0) is 12.0 Å². The number of nitrogens with zero attached hydrogens (tertiary/aromatic N) is 3. The minimum Gasteiger partial charge on any atom is -0.423 e. The number of hydrogen-bond acceptors (Lipinski definition) is 5. The van der Waals surface area contributed by atoms with Crippen molar-refractivity contribution in [3.05, 3.63) is 11.8 Å². The lowest BCUT2D eigenvalue weighted by Gasteiger charge is -2.34. The van der Waals surface area contributed by atoms with Gasteiger partial charge >= 0.3 is 0 Å². The van der Waals surface area contributed by atoms with E-state index in [4.69, 9.17) is 10.2 Å². The molecule has 0 bridgehead atoms. The fourth-order valence-corrected chi connectivity index (χ4v) is 2.21. The molecule has 0 amide bonds. The Balaban J connectivity index is 1.96. The molecule has 2 N–H and O–H groups in total. The summed E-state index contributed by atoms with van der Waals surface area (Å²) in [5.41, 5.74) is 5.94. The minimum absolute atomic E-state index is 0.0806. The number of hydrogen-bond donors (Lipinski definition) is 1. The predicted octanol–water partition coefficient (Wildman–Crippen LogP) is 1.54. The second-order valence-corrected chi connectivity index (χ2v) is 6.42. The number of nitrogens with two attached hydrogens (primary N) is 1. The van der Waals surface area contributed by atoms with Crippen molar-refractivity contribution in [2.24, 2.45) is 11.7 Å². The third kappa shape index (κ3) is 3.09. The zero-order valence-electron chi connectivity index (χ0n) is 11.8. The van der Waals surface area contributed by atoms with Crippen LogP contribution in [0.15, 0.2) is 4.42 Å². The average Bonchev–Trinajstić information content (AvgIpc) is 2.72. The van der Waals surface area contributed by atoms with Gasteiger partial charge in [-0.3, -0.25) is 4.90 Å². The van der Waals surface area contributed by atoms with E-state index in [1.165, 1.54) is 0 Å². The molecule has 2 rings (SSSR count). The van der Waals surface area contributed by atoms with E-state index < -0.39 is 0 Å². The summed E-state index contributed by atoms with van der Waals surface area (Å²) < 4.78 is 5.72.